The first-order chi connectivity index (χ1) is 13.0. The molecule has 0 bridgehead atoms. The normalized spacial score (nSPS) is 18.5. The zero-order chi connectivity index (χ0) is 19.2. The zero-order valence-corrected chi connectivity index (χ0v) is 16.0. The van der Waals surface area contributed by atoms with E-state index in [4.69, 9.17) is 0 Å². The first-order valence-corrected chi connectivity index (χ1v) is 9.60. The molecule has 0 saturated carbocycles. The van der Waals surface area contributed by atoms with E-state index < -0.39 is 0 Å². The molecule has 0 aromatic heterocycles. The molecular weight excluding hydrogens is 339 g/mol. The quantitative estimate of drug-likeness (QED) is 0.759. The minimum absolute atomic E-state index is 0.0790. The summed E-state index contributed by atoms with van der Waals surface area (Å²) >= 11 is 0. The number of benzene rings is 2. The fraction of sp³-hybridized carbons (Fsp3) is 0.348. The highest BCUT2D eigenvalue weighted by Crippen LogP contribution is 2.24. The van der Waals surface area contributed by atoms with Gasteiger partial charge in [0.15, 0.2) is 0 Å². The molecule has 1 aliphatic rings. The first-order valence-electron chi connectivity index (χ1n) is 9.60. The summed E-state index contributed by atoms with van der Waals surface area (Å²) in [5, 5.41) is 2.97. The third-order valence-electron chi connectivity index (χ3n) is 5.07. The Kier molecular flexibility index (Phi) is 6.28. The molecule has 3 nitrogen and oxygen atoms in total. The minimum atomic E-state index is -0.285. The fourth-order valence-electron chi connectivity index (χ4n) is 3.49. The van der Waals surface area contributed by atoms with E-state index >= 15 is 0 Å². The maximum atomic E-state index is 12.9. The lowest BCUT2D eigenvalue weighted by Gasteiger charge is -2.33. The Balaban J connectivity index is 1.56. The van der Waals surface area contributed by atoms with Gasteiger partial charge in [0.25, 0.3) is 0 Å². The first kappa shape index (κ1) is 19.2. The molecular formula is C23H27FN2O. The van der Waals surface area contributed by atoms with Gasteiger partial charge >= 0.3 is 0 Å². The van der Waals surface area contributed by atoms with Gasteiger partial charge in [0, 0.05) is 24.9 Å². The molecule has 1 aliphatic heterocycles. The van der Waals surface area contributed by atoms with Crippen molar-refractivity contribution in [2.75, 3.05) is 18.0 Å². The molecule has 1 saturated heterocycles. The lowest BCUT2D eigenvalue weighted by Crippen LogP contribution is -2.34. The van der Waals surface area contributed by atoms with Crippen LogP contribution in [0.3, 0.4) is 0 Å². The van der Waals surface area contributed by atoms with E-state index in [1.165, 1.54) is 36.7 Å². The van der Waals surface area contributed by atoms with E-state index in [0.717, 1.165) is 30.1 Å². The van der Waals surface area contributed by atoms with Crippen molar-refractivity contribution in [3.05, 3.63) is 71.6 Å². The Bertz CT molecular complexity index is 783. The molecule has 3 rings (SSSR count). The number of halogens is 1. The van der Waals surface area contributed by atoms with Crippen LogP contribution >= 0.6 is 0 Å². The predicted octanol–water partition coefficient (Wildman–Crippen LogP) is 4.95. The zero-order valence-electron chi connectivity index (χ0n) is 16.0. The van der Waals surface area contributed by atoms with E-state index in [1.807, 2.05) is 6.92 Å². The molecule has 1 amide bonds. The van der Waals surface area contributed by atoms with Gasteiger partial charge in [0.1, 0.15) is 5.82 Å². The van der Waals surface area contributed by atoms with Gasteiger partial charge in [-0.1, -0.05) is 31.2 Å². The van der Waals surface area contributed by atoms with Crippen LogP contribution in [-0.4, -0.2) is 19.0 Å². The predicted molar refractivity (Wildman–Crippen MR) is 109 cm³/mol. The summed E-state index contributed by atoms with van der Waals surface area (Å²) in [5.74, 6) is 0.290. The Labute approximate surface area is 160 Å². The molecule has 4 heteroatoms. The van der Waals surface area contributed by atoms with Gasteiger partial charge in [-0.15, -0.1) is 0 Å². The molecule has 142 valence electrons. The molecule has 0 unspecified atom stereocenters. The molecule has 0 radical (unpaired) electrons. The SMILES string of the molecule is C[C@H]1CCCN(c2ccc([C@H](C)NC(=O)/C=C/c3ccc(F)cc3)cc2)C1. The van der Waals surface area contributed by atoms with Crippen molar-refractivity contribution in [1.29, 1.82) is 0 Å². The summed E-state index contributed by atoms with van der Waals surface area (Å²) in [6, 6.07) is 14.4. The van der Waals surface area contributed by atoms with E-state index in [0.29, 0.717) is 0 Å². The molecule has 0 aliphatic carbocycles. The Morgan fingerprint density at radius 3 is 2.56 bits per heavy atom. The number of hydrogen-bond acceptors (Lipinski definition) is 2. The summed E-state index contributed by atoms with van der Waals surface area (Å²) in [6.45, 7) is 6.50. The van der Waals surface area contributed by atoms with Crippen molar-refractivity contribution < 1.29 is 9.18 Å². The van der Waals surface area contributed by atoms with E-state index in [1.54, 1.807) is 18.2 Å². The topological polar surface area (TPSA) is 32.3 Å². The second kappa shape index (κ2) is 8.85. The number of carbonyl (C=O) groups excluding carboxylic acids is 1. The number of amides is 1. The molecule has 27 heavy (non-hydrogen) atoms. The molecule has 0 spiro atoms. The van der Waals surface area contributed by atoms with E-state index in [9.17, 15) is 9.18 Å². The Morgan fingerprint density at radius 1 is 1.19 bits per heavy atom. The van der Waals surface area contributed by atoms with E-state index in [-0.39, 0.29) is 17.8 Å². The van der Waals surface area contributed by atoms with Gasteiger partial charge in [-0.25, -0.2) is 4.39 Å². The van der Waals surface area contributed by atoms with Crippen LogP contribution in [0.5, 0.6) is 0 Å². The molecule has 1 fully saturated rings. The number of rotatable bonds is 5. The number of carbonyl (C=O) groups is 1. The van der Waals surface area contributed by atoms with Crippen LogP contribution in [0.4, 0.5) is 10.1 Å². The summed E-state index contributed by atoms with van der Waals surface area (Å²) < 4.78 is 12.9. The number of piperidine rings is 1. The van der Waals surface area contributed by atoms with Crippen LogP contribution in [0.15, 0.2) is 54.6 Å². The van der Waals surface area contributed by atoms with Crippen LogP contribution in [0.25, 0.3) is 6.08 Å². The Hall–Kier alpha value is -2.62. The van der Waals surface area contributed by atoms with Crippen LogP contribution in [0, 0.1) is 11.7 Å². The summed E-state index contributed by atoms with van der Waals surface area (Å²) in [7, 11) is 0. The van der Waals surface area contributed by atoms with Gasteiger partial charge in [-0.3, -0.25) is 4.79 Å². The van der Waals surface area contributed by atoms with Crippen LogP contribution in [0.1, 0.15) is 43.9 Å². The van der Waals surface area contributed by atoms with Crippen molar-refractivity contribution >= 4 is 17.7 Å². The summed E-state index contributed by atoms with van der Waals surface area (Å²) in [6.07, 6.45) is 5.72. The average Bonchev–Trinajstić information content (AvgIpc) is 2.67. The van der Waals surface area contributed by atoms with Gasteiger partial charge in [-0.2, -0.15) is 0 Å². The van der Waals surface area contributed by atoms with Crippen molar-refractivity contribution in [2.24, 2.45) is 5.92 Å². The third-order valence-corrected chi connectivity index (χ3v) is 5.07. The minimum Gasteiger partial charge on any atom is -0.371 e. The van der Waals surface area contributed by atoms with Crippen molar-refractivity contribution in [3.63, 3.8) is 0 Å². The summed E-state index contributed by atoms with van der Waals surface area (Å²) in [4.78, 5) is 14.6. The van der Waals surface area contributed by atoms with Gasteiger partial charge in [0.2, 0.25) is 5.91 Å². The lowest BCUT2D eigenvalue weighted by molar-refractivity contribution is -0.117. The summed E-state index contributed by atoms with van der Waals surface area (Å²) in [5.41, 5.74) is 3.12. The average molecular weight is 366 g/mol. The Morgan fingerprint density at radius 2 is 1.89 bits per heavy atom. The molecule has 1 N–H and O–H groups in total. The van der Waals surface area contributed by atoms with E-state index in [2.05, 4.69) is 41.4 Å². The molecule has 2 aromatic carbocycles. The largest absolute Gasteiger partial charge is 0.371 e. The number of nitrogens with zero attached hydrogens (tertiary/aromatic N) is 1. The molecule has 2 aromatic rings. The highest BCUT2D eigenvalue weighted by Gasteiger charge is 2.17. The third kappa shape index (κ3) is 5.43. The second-order valence-electron chi connectivity index (χ2n) is 7.40. The van der Waals surface area contributed by atoms with Gasteiger partial charge in [0.05, 0.1) is 6.04 Å². The second-order valence-corrected chi connectivity index (χ2v) is 7.40. The maximum Gasteiger partial charge on any atom is 0.244 e. The lowest BCUT2D eigenvalue weighted by atomic mass is 9.99. The van der Waals surface area contributed by atoms with Crippen LogP contribution in [0.2, 0.25) is 0 Å². The molecule has 1 heterocycles. The van der Waals surface area contributed by atoms with Crippen molar-refractivity contribution in [2.45, 2.75) is 32.7 Å². The highest BCUT2D eigenvalue weighted by molar-refractivity contribution is 5.91. The van der Waals surface area contributed by atoms with Gasteiger partial charge in [-0.05, 0) is 67.2 Å². The van der Waals surface area contributed by atoms with Crippen molar-refractivity contribution in [1.82, 2.24) is 5.32 Å². The maximum absolute atomic E-state index is 12.9. The molecule has 2 atom stereocenters. The number of anilines is 1. The monoisotopic (exact) mass is 366 g/mol. The fourth-order valence-corrected chi connectivity index (χ4v) is 3.49. The van der Waals surface area contributed by atoms with Crippen LogP contribution < -0.4 is 10.2 Å². The smallest absolute Gasteiger partial charge is 0.244 e. The number of nitrogens with one attached hydrogen (secondary N) is 1. The standard InChI is InChI=1S/C23H27FN2O/c1-17-4-3-15-26(16-17)22-12-8-20(9-13-22)18(2)25-23(27)14-7-19-5-10-21(24)11-6-19/h5-14,17-18H,3-4,15-16H2,1-2H3,(H,25,27)/b14-7+/t17-,18-/m0/s1. The number of hydrogen-bond donors (Lipinski definition) is 1. The van der Waals surface area contributed by atoms with Crippen LogP contribution in [-0.2, 0) is 4.79 Å². The highest BCUT2D eigenvalue weighted by atomic mass is 19.1. The van der Waals surface area contributed by atoms with Gasteiger partial charge < -0.3 is 10.2 Å². The van der Waals surface area contributed by atoms with Crippen molar-refractivity contribution in [3.8, 4) is 0 Å².